The van der Waals surface area contributed by atoms with Crippen LogP contribution in [0.4, 0.5) is 33.8 Å². The number of anilines is 4. The van der Waals surface area contributed by atoms with Crippen LogP contribution in [0.1, 0.15) is 11.1 Å². The Hall–Kier alpha value is -5.25. The summed E-state index contributed by atoms with van der Waals surface area (Å²) in [7, 11) is -4.08. The normalized spacial score (nSPS) is 11.7. The van der Waals surface area contributed by atoms with Crippen molar-refractivity contribution in [2.24, 2.45) is 10.2 Å². The Morgan fingerprint density at radius 2 is 1.29 bits per heavy atom. The molecular formula is C31H27N7O7S3. The zero-order valence-electron chi connectivity index (χ0n) is 25.8. The van der Waals surface area contributed by atoms with Crippen molar-refractivity contribution in [3.05, 3.63) is 89.3 Å². The predicted octanol–water partition coefficient (Wildman–Crippen LogP) is 6.97. The van der Waals surface area contributed by atoms with Crippen LogP contribution in [0.2, 0.25) is 0 Å². The number of hydrogen-bond donors (Lipinski definition) is 2. The molecule has 0 atom stereocenters. The Balaban J connectivity index is 1.53. The number of ether oxygens (including phenoxy) is 1. The van der Waals surface area contributed by atoms with Crippen molar-refractivity contribution in [2.75, 3.05) is 32.0 Å². The predicted molar refractivity (Wildman–Crippen MR) is 180 cm³/mol. The Morgan fingerprint density at radius 3 is 1.79 bits per heavy atom. The largest absolute Gasteiger partial charge is 0.497 e. The first kappa shape index (κ1) is 34.1. The maximum atomic E-state index is 12.1. The molecular weight excluding hydrogens is 679 g/mol. The van der Waals surface area contributed by atoms with Gasteiger partial charge in [-0.1, -0.05) is 0 Å². The van der Waals surface area contributed by atoms with Gasteiger partial charge in [-0.05, 0) is 79.7 Å². The number of aromatic nitrogens is 2. The third-order valence-electron chi connectivity index (χ3n) is 6.89. The second kappa shape index (κ2) is 14.3. The number of azo groups is 1. The second-order valence-corrected chi connectivity index (χ2v) is 14.0. The highest BCUT2D eigenvalue weighted by Gasteiger charge is 2.20. The SMILES string of the molecule is COc1ccc(-c2csc(N=Nc3c(Nc4ccc(S(=O)(=O)OC)cc4)nc(Nc4ccc(S(=O)(=O)OC)cc4)c(C#N)c3C)n2)cc1. The smallest absolute Gasteiger partial charge is 0.296 e. The molecule has 2 aromatic heterocycles. The molecule has 0 amide bonds. The molecule has 0 unspecified atom stereocenters. The van der Waals surface area contributed by atoms with E-state index in [2.05, 4.69) is 45.3 Å². The van der Waals surface area contributed by atoms with Gasteiger partial charge in [0.2, 0.25) is 5.13 Å². The zero-order chi connectivity index (χ0) is 34.5. The summed E-state index contributed by atoms with van der Waals surface area (Å²) in [4.78, 5) is 9.11. The highest BCUT2D eigenvalue weighted by Crippen LogP contribution is 2.38. The summed E-state index contributed by atoms with van der Waals surface area (Å²) in [5, 5.41) is 27.3. The van der Waals surface area contributed by atoms with Crippen molar-refractivity contribution in [3.63, 3.8) is 0 Å². The molecule has 3 aromatic carbocycles. The summed E-state index contributed by atoms with van der Waals surface area (Å²) in [6.45, 7) is 1.68. The van der Waals surface area contributed by atoms with Gasteiger partial charge in [0.25, 0.3) is 20.2 Å². The maximum absolute atomic E-state index is 12.1. The van der Waals surface area contributed by atoms with Gasteiger partial charge in [-0.2, -0.15) is 22.1 Å². The molecule has 17 heteroatoms. The third kappa shape index (κ3) is 7.48. The third-order valence-corrected chi connectivity index (χ3v) is 10.2. The van der Waals surface area contributed by atoms with E-state index < -0.39 is 20.2 Å². The number of rotatable bonds is 12. The fourth-order valence-corrected chi connectivity index (χ4v) is 6.27. The minimum atomic E-state index is -3.91. The van der Waals surface area contributed by atoms with Crippen LogP contribution in [0.25, 0.3) is 11.3 Å². The lowest BCUT2D eigenvalue weighted by Gasteiger charge is -2.16. The van der Waals surface area contributed by atoms with Crippen LogP contribution in [0.5, 0.6) is 5.75 Å². The zero-order valence-corrected chi connectivity index (χ0v) is 28.3. The molecule has 0 aliphatic heterocycles. The van der Waals surface area contributed by atoms with Gasteiger partial charge in [-0.25, -0.2) is 9.97 Å². The maximum Gasteiger partial charge on any atom is 0.296 e. The molecule has 0 saturated heterocycles. The lowest BCUT2D eigenvalue weighted by atomic mass is 10.1. The number of nitrogens with zero attached hydrogens (tertiary/aromatic N) is 5. The van der Waals surface area contributed by atoms with Crippen LogP contribution in [0, 0.1) is 18.3 Å². The van der Waals surface area contributed by atoms with Crippen molar-refractivity contribution >= 4 is 65.4 Å². The highest BCUT2D eigenvalue weighted by atomic mass is 32.2. The van der Waals surface area contributed by atoms with Crippen LogP contribution < -0.4 is 15.4 Å². The van der Waals surface area contributed by atoms with E-state index in [1.54, 1.807) is 14.0 Å². The molecule has 5 rings (SSSR count). The number of hydrogen-bond acceptors (Lipinski definition) is 15. The molecule has 48 heavy (non-hydrogen) atoms. The van der Waals surface area contributed by atoms with Crippen molar-refractivity contribution in [1.29, 1.82) is 5.26 Å². The van der Waals surface area contributed by atoms with Crippen LogP contribution in [-0.4, -0.2) is 48.1 Å². The molecule has 0 radical (unpaired) electrons. The van der Waals surface area contributed by atoms with E-state index in [1.165, 1.54) is 59.9 Å². The van der Waals surface area contributed by atoms with Gasteiger partial charge in [0.1, 0.15) is 17.5 Å². The standard InChI is InChI=1S/C31H27N7O7S3/c1-19-26(17-32)29(33-21-7-13-24(14-8-21)47(39,40)44-3)36-30(34-22-9-15-25(16-10-22)48(41,42)45-4)28(19)37-38-31-35-27(18-46-31)20-5-11-23(43-2)12-6-20/h5-16,18H,1-4H3,(H2,33,34,36). The Kier molecular flexibility index (Phi) is 10.1. The lowest BCUT2D eigenvalue weighted by molar-refractivity contribution is 0.396. The Bertz CT molecular complexity index is 2230. The topological polar surface area (TPSA) is 194 Å². The first-order chi connectivity index (χ1) is 23.0. The Morgan fingerprint density at radius 1 is 0.750 bits per heavy atom. The second-order valence-electron chi connectivity index (χ2n) is 9.75. The molecule has 5 aromatic rings. The fraction of sp³-hybridized carbons (Fsp3) is 0.129. The first-order valence-corrected chi connectivity index (χ1v) is 17.5. The lowest BCUT2D eigenvalue weighted by Crippen LogP contribution is -2.05. The van der Waals surface area contributed by atoms with Crippen LogP contribution in [-0.2, 0) is 28.6 Å². The summed E-state index contributed by atoms with van der Waals surface area (Å²) in [5.74, 6) is 1.05. The number of nitrogens with one attached hydrogen (secondary N) is 2. The van der Waals surface area contributed by atoms with Crippen LogP contribution >= 0.6 is 11.3 Å². The molecule has 0 bridgehead atoms. The van der Waals surface area contributed by atoms with Crippen molar-refractivity contribution in [3.8, 4) is 23.1 Å². The molecule has 246 valence electrons. The summed E-state index contributed by atoms with van der Waals surface area (Å²) in [6.07, 6.45) is 0. The molecule has 0 fully saturated rings. The van der Waals surface area contributed by atoms with E-state index in [4.69, 9.17) is 4.74 Å². The average molecular weight is 706 g/mol. The summed E-state index contributed by atoms with van der Waals surface area (Å²) < 4.78 is 62.7. The average Bonchev–Trinajstić information content (AvgIpc) is 3.58. The van der Waals surface area contributed by atoms with Gasteiger partial charge < -0.3 is 15.4 Å². The van der Waals surface area contributed by atoms with E-state index in [9.17, 15) is 22.1 Å². The Labute approximate surface area is 281 Å². The van der Waals surface area contributed by atoms with E-state index in [0.29, 0.717) is 33.5 Å². The number of pyridine rings is 1. The fourth-order valence-electron chi connectivity index (χ4n) is 4.30. The monoisotopic (exact) mass is 705 g/mol. The van der Waals surface area contributed by atoms with Gasteiger partial charge in [-0.3, -0.25) is 8.37 Å². The quantitative estimate of drug-likeness (QED) is 0.100. The van der Waals surface area contributed by atoms with Crippen LogP contribution in [0.15, 0.2) is 98.2 Å². The van der Waals surface area contributed by atoms with Gasteiger partial charge >= 0.3 is 0 Å². The van der Waals surface area contributed by atoms with Crippen molar-refractivity contribution in [2.45, 2.75) is 16.7 Å². The minimum absolute atomic E-state index is 0.0443. The number of benzene rings is 3. The van der Waals surface area contributed by atoms with Crippen molar-refractivity contribution in [1.82, 2.24) is 9.97 Å². The summed E-state index contributed by atoms with van der Waals surface area (Å²) in [5.41, 5.74) is 3.26. The highest BCUT2D eigenvalue weighted by molar-refractivity contribution is 7.87. The summed E-state index contributed by atoms with van der Waals surface area (Å²) >= 11 is 1.27. The first-order valence-electron chi connectivity index (χ1n) is 13.8. The van der Waals surface area contributed by atoms with E-state index >= 15 is 0 Å². The van der Waals surface area contributed by atoms with E-state index in [0.717, 1.165) is 19.8 Å². The molecule has 14 nitrogen and oxygen atoms in total. The number of thiazole rings is 1. The van der Waals surface area contributed by atoms with Crippen molar-refractivity contribution < 1.29 is 29.9 Å². The van der Waals surface area contributed by atoms with Crippen LogP contribution in [0.3, 0.4) is 0 Å². The molecule has 2 heterocycles. The molecule has 2 N–H and O–H groups in total. The molecule has 0 spiro atoms. The van der Waals surface area contributed by atoms with Gasteiger partial charge in [0, 0.05) is 27.9 Å². The molecule has 0 aliphatic carbocycles. The number of methoxy groups -OCH3 is 1. The van der Waals surface area contributed by atoms with Gasteiger partial charge in [-0.15, -0.1) is 21.6 Å². The minimum Gasteiger partial charge on any atom is -0.497 e. The van der Waals surface area contributed by atoms with Gasteiger partial charge in [0.05, 0.1) is 42.4 Å². The number of nitriles is 1. The molecule has 0 aliphatic rings. The van der Waals surface area contributed by atoms with E-state index in [1.807, 2.05) is 29.6 Å². The van der Waals surface area contributed by atoms with E-state index in [-0.39, 0.29) is 32.7 Å². The summed E-state index contributed by atoms with van der Waals surface area (Å²) in [6, 6.07) is 21.0. The van der Waals surface area contributed by atoms with Gasteiger partial charge in [0.15, 0.2) is 11.6 Å². The molecule has 0 saturated carbocycles.